The number of anilines is 1. The van der Waals surface area contributed by atoms with E-state index >= 15 is 0 Å². The first kappa shape index (κ1) is 25.3. The van der Waals surface area contributed by atoms with Crippen LogP contribution in [0.4, 0.5) is 5.82 Å². The monoisotopic (exact) mass is 504 g/mol. The second-order valence-corrected chi connectivity index (χ2v) is 10.6. The summed E-state index contributed by atoms with van der Waals surface area (Å²) in [5, 5.41) is 22.3. The van der Waals surface area contributed by atoms with E-state index in [4.69, 9.17) is 4.98 Å². The summed E-state index contributed by atoms with van der Waals surface area (Å²) in [6, 6.07) is 10.0. The number of carbonyl (C=O) groups is 1. The minimum atomic E-state index is -1.06. The van der Waals surface area contributed by atoms with E-state index in [-0.39, 0.29) is 23.9 Å². The van der Waals surface area contributed by atoms with Gasteiger partial charge in [0.05, 0.1) is 11.9 Å². The third kappa shape index (κ3) is 5.82. The maximum absolute atomic E-state index is 13.0. The van der Waals surface area contributed by atoms with E-state index in [9.17, 15) is 9.90 Å². The van der Waals surface area contributed by atoms with E-state index in [2.05, 4.69) is 38.5 Å². The van der Waals surface area contributed by atoms with Crippen LogP contribution < -0.4 is 21.5 Å². The van der Waals surface area contributed by atoms with Gasteiger partial charge < -0.3 is 15.7 Å². The van der Waals surface area contributed by atoms with Crippen LogP contribution in [0.3, 0.4) is 0 Å². The normalized spacial score (nSPS) is 27.7. The fourth-order valence-electron chi connectivity index (χ4n) is 5.43. The van der Waals surface area contributed by atoms with Crippen molar-refractivity contribution >= 4 is 11.7 Å². The van der Waals surface area contributed by atoms with Gasteiger partial charge in [0.1, 0.15) is 11.4 Å². The van der Waals surface area contributed by atoms with Crippen molar-refractivity contribution in [3.8, 4) is 5.82 Å². The summed E-state index contributed by atoms with van der Waals surface area (Å²) in [5.74, 6) is 1.35. The summed E-state index contributed by atoms with van der Waals surface area (Å²) < 4.78 is 1.69. The lowest BCUT2D eigenvalue weighted by atomic mass is 9.70. The molecule has 1 saturated heterocycles. The molecule has 1 saturated carbocycles. The first-order chi connectivity index (χ1) is 17.8. The molecule has 0 radical (unpaired) electrons. The number of carbonyl (C=O) groups excluding carboxylic acids is 1. The zero-order chi connectivity index (χ0) is 26.0. The van der Waals surface area contributed by atoms with Gasteiger partial charge in [-0.2, -0.15) is 5.10 Å². The fourth-order valence-corrected chi connectivity index (χ4v) is 5.43. The van der Waals surface area contributed by atoms with Crippen molar-refractivity contribution in [2.45, 2.75) is 70.8 Å². The van der Waals surface area contributed by atoms with Crippen LogP contribution in [-0.4, -0.2) is 43.0 Å². The highest BCUT2D eigenvalue weighted by molar-refractivity contribution is 5.79. The lowest BCUT2D eigenvalue weighted by Crippen LogP contribution is -2.43. The quantitative estimate of drug-likeness (QED) is 0.332. The highest BCUT2D eigenvalue weighted by atomic mass is 16.3. The Morgan fingerprint density at radius 3 is 2.81 bits per heavy atom. The molecule has 2 aliphatic rings. The first-order valence-electron chi connectivity index (χ1n) is 13.0. The molecule has 2 unspecified atom stereocenters. The van der Waals surface area contributed by atoms with Crippen molar-refractivity contribution in [3.05, 3.63) is 65.7 Å². The van der Waals surface area contributed by atoms with Gasteiger partial charge in [0.2, 0.25) is 5.91 Å². The Morgan fingerprint density at radius 2 is 2.14 bits per heavy atom. The molecule has 1 aliphatic heterocycles. The molecule has 4 heterocycles. The van der Waals surface area contributed by atoms with Crippen LogP contribution in [0, 0.1) is 18.8 Å². The molecular formula is C27H36N8O2. The number of pyridine rings is 2. The minimum absolute atomic E-state index is 0.0131. The molecule has 0 bridgehead atoms. The average molecular weight is 505 g/mol. The van der Waals surface area contributed by atoms with E-state index in [1.165, 1.54) is 0 Å². The molecule has 10 heteroatoms. The number of nitrogens with zero attached hydrogens (tertiary/aromatic N) is 4. The van der Waals surface area contributed by atoms with Gasteiger partial charge in [-0.15, -0.1) is 0 Å². The smallest absolute Gasteiger partial charge is 0.223 e. The Morgan fingerprint density at radius 1 is 1.27 bits per heavy atom. The highest BCUT2D eigenvalue weighted by Gasteiger charge is 2.42. The Bertz CT molecular complexity index is 1220. The van der Waals surface area contributed by atoms with Crippen molar-refractivity contribution in [3.63, 3.8) is 0 Å². The summed E-state index contributed by atoms with van der Waals surface area (Å²) in [6.45, 7) is 6.59. The van der Waals surface area contributed by atoms with E-state index in [0.29, 0.717) is 37.5 Å². The van der Waals surface area contributed by atoms with Crippen LogP contribution >= 0.6 is 0 Å². The SMILES string of the molecule is Cc1cc(NC2CC(C)NN2)nc([C@@]2(O)CC[C@H](C(=O)NCc3ccc(-n4cccn4)nc3)[C@H](C)C2)c1. The molecule has 5 N–H and O–H groups in total. The number of hydrogen-bond acceptors (Lipinski definition) is 8. The summed E-state index contributed by atoms with van der Waals surface area (Å²) in [6.07, 6.45) is 7.91. The molecule has 196 valence electrons. The van der Waals surface area contributed by atoms with E-state index < -0.39 is 5.60 Å². The average Bonchev–Trinajstić information content (AvgIpc) is 3.55. The first-order valence-corrected chi connectivity index (χ1v) is 13.0. The summed E-state index contributed by atoms with van der Waals surface area (Å²) >= 11 is 0. The molecule has 3 aromatic heterocycles. The van der Waals surface area contributed by atoms with Crippen molar-refractivity contribution in [2.24, 2.45) is 11.8 Å². The number of rotatable bonds is 7. The van der Waals surface area contributed by atoms with Gasteiger partial charge in [-0.25, -0.2) is 20.1 Å². The second kappa shape index (κ2) is 10.6. The van der Waals surface area contributed by atoms with Crippen molar-refractivity contribution in [1.82, 2.24) is 35.9 Å². The number of nitrogens with one attached hydrogen (secondary N) is 4. The topological polar surface area (TPSA) is 129 Å². The predicted molar refractivity (Wildman–Crippen MR) is 140 cm³/mol. The highest BCUT2D eigenvalue weighted by Crippen LogP contribution is 2.42. The Hall–Kier alpha value is -3.34. The van der Waals surface area contributed by atoms with Crippen LogP contribution in [0.5, 0.6) is 0 Å². The lowest BCUT2D eigenvalue weighted by molar-refractivity contribution is -0.131. The van der Waals surface area contributed by atoms with Crippen molar-refractivity contribution in [1.29, 1.82) is 0 Å². The van der Waals surface area contributed by atoms with Gasteiger partial charge in [0.15, 0.2) is 5.82 Å². The van der Waals surface area contributed by atoms with Gasteiger partial charge in [-0.3, -0.25) is 10.2 Å². The van der Waals surface area contributed by atoms with Crippen LogP contribution in [0.1, 0.15) is 56.4 Å². The molecule has 37 heavy (non-hydrogen) atoms. The van der Waals surface area contributed by atoms with Gasteiger partial charge >= 0.3 is 0 Å². The number of hydrazine groups is 1. The Kier molecular flexibility index (Phi) is 7.23. The van der Waals surface area contributed by atoms with E-state index in [1.54, 1.807) is 17.1 Å². The van der Waals surface area contributed by atoms with Gasteiger partial charge in [-0.1, -0.05) is 13.0 Å². The van der Waals surface area contributed by atoms with Crippen LogP contribution in [0.2, 0.25) is 0 Å². The Labute approximate surface area is 217 Å². The molecule has 0 spiro atoms. The standard InChI is InChI=1S/C27H36N8O2/c1-17-11-22(31-23(12-17)32-24-13-19(3)33-34-24)27(37)8-7-21(18(2)14-27)26(36)29-16-20-5-6-25(28-15-20)35-10-4-9-30-35/h4-6,9-12,15,18-19,21,24,33-34,37H,7-8,13-14,16H2,1-3H3,(H,29,36)(H,31,32)/t18-,19?,21+,24?,27-/m1/s1. The minimum Gasteiger partial charge on any atom is -0.384 e. The molecule has 5 atom stereocenters. The number of aliphatic hydroxyl groups is 1. The zero-order valence-corrected chi connectivity index (χ0v) is 21.6. The van der Waals surface area contributed by atoms with E-state index in [1.807, 2.05) is 50.4 Å². The lowest BCUT2D eigenvalue weighted by Gasteiger charge is -2.39. The molecule has 5 rings (SSSR count). The maximum atomic E-state index is 13.0. The van der Waals surface area contributed by atoms with Crippen molar-refractivity contribution in [2.75, 3.05) is 5.32 Å². The van der Waals surface area contributed by atoms with Crippen molar-refractivity contribution < 1.29 is 9.90 Å². The van der Waals surface area contributed by atoms with E-state index in [0.717, 1.165) is 29.2 Å². The molecule has 1 aliphatic carbocycles. The Balaban J connectivity index is 1.18. The molecule has 2 fully saturated rings. The van der Waals surface area contributed by atoms with Gasteiger partial charge in [0.25, 0.3) is 0 Å². The zero-order valence-electron chi connectivity index (χ0n) is 21.6. The van der Waals surface area contributed by atoms with Crippen LogP contribution in [0.15, 0.2) is 48.9 Å². The number of amides is 1. The largest absolute Gasteiger partial charge is 0.384 e. The fraction of sp³-hybridized carbons (Fsp3) is 0.481. The number of aryl methyl sites for hydroxylation is 1. The predicted octanol–water partition coefficient (Wildman–Crippen LogP) is 2.54. The second-order valence-electron chi connectivity index (χ2n) is 10.6. The number of hydrogen-bond donors (Lipinski definition) is 5. The van der Waals surface area contributed by atoms with Gasteiger partial charge in [0, 0.05) is 37.1 Å². The molecule has 10 nitrogen and oxygen atoms in total. The summed E-state index contributed by atoms with van der Waals surface area (Å²) in [4.78, 5) is 22.3. The maximum Gasteiger partial charge on any atom is 0.223 e. The third-order valence-electron chi connectivity index (χ3n) is 7.43. The molecule has 1 amide bonds. The van der Waals surface area contributed by atoms with Crippen LogP contribution in [0.25, 0.3) is 5.82 Å². The van der Waals surface area contributed by atoms with Gasteiger partial charge in [-0.05, 0) is 80.8 Å². The number of aromatic nitrogens is 4. The molecule has 3 aromatic rings. The molecule has 0 aromatic carbocycles. The summed E-state index contributed by atoms with van der Waals surface area (Å²) in [7, 11) is 0. The third-order valence-corrected chi connectivity index (χ3v) is 7.43. The molecular weight excluding hydrogens is 468 g/mol. The van der Waals surface area contributed by atoms with Crippen LogP contribution in [-0.2, 0) is 16.9 Å². The summed E-state index contributed by atoms with van der Waals surface area (Å²) in [5.41, 5.74) is 8.01.